The van der Waals surface area contributed by atoms with E-state index >= 15 is 0 Å². The summed E-state index contributed by atoms with van der Waals surface area (Å²) in [4.78, 5) is 12.3. The summed E-state index contributed by atoms with van der Waals surface area (Å²) in [6, 6.07) is 15.4. The van der Waals surface area contributed by atoms with Crippen molar-refractivity contribution in [2.45, 2.75) is 12.8 Å². The maximum absolute atomic E-state index is 12.7. The van der Waals surface area contributed by atoms with Crippen LogP contribution in [0, 0.1) is 11.8 Å². The second kappa shape index (κ2) is 9.02. The second-order valence-corrected chi connectivity index (χ2v) is 5.94. The number of hydrogen-bond donors (Lipinski definition) is 1. The van der Waals surface area contributed by atoms with E-state index in [2.05, 4.69) is 17.2 Å². The topological polar surface area (TPSA) is 51.5 Å². The van der Waals surface area contributed by atoms with Crippen molar-refractivity contribution >= 4 is 5.91 Å². The van der Waals surface area contributed by atoms with E-state index in [9.17, 15) is 18.0 Å². The Morgan fingerprint density at radius 2 is 1.86 bits per heavy atom. The summed E-state index contributed by atoms with van der Waals surface area (Å²) in [5.74, 6) is 5.50. The van der Waals surface area contributed by atoms with Gasteiger partial charge in [0.05, 0.1) is 18.4 Å². The Hall–Kier alpha value is -3.66. The van der Waals surface area contributed by atoms with Gasteiger partial charge in [0.2, 0.25) is 0 Å². The largest absolute Gasteiger partial charge is 0.489 e. The van der Waals surface area contributed by atoms with Crippen molar-refractivity contribution in [3.8, 4) is 17.6 Å². The molecule has 0 fully saturated rings. The minimum atomic E-state index is -4.43. The molecular weight excluding hydrogens is 383 g/mol. The van der Waals surface area contributed by atoms with Gasteiger partial charge in [0.1, 0.15) is 12.4 Å². The lowest BCUT2D eigenvalue weighted by Crippen LogP contribution is -2.24. The van der Waals surface area contributed by atoms with Gasteiger partial charge in [0.25, 0.3) is 5.91 Å². The molecular formula is C22H16F3NO3. The number of carbonyl (C=O) groups is 1. The zero-order valence-electron chi connectivity index (χ0n) is 15.1. The summed E-state index contributed by atoms with van der Waals surface area (Å²) in [6.45, 7) is 0.105. The first-order chi connectivity index (χ1) is 13.9. The number of nitrogens with one attached hydrogen (secondary N) is 1. The van der Waals surface area contributed by atoms with Crippen molar-refractivity contribution in [1.82, 2.24) is 5.32 Å². The van der Waals surface area contributed by atoms with Crippen molar-refractivity contribution < 1.29 is 27.1 Å². The summed E-state index contributed by atoms with van der Waals surface area (Å²) in [5, 5.41) is 2.55. The standard InChI is InChI=1S/C22H16F3NO3/c23-22(24,25)18-8-4-6-16(14-18)7-5-12-26-21(27)20-17(11-13-28-20)15-29-19-9-2-1-3-10-19/h1-4,6,8-11,13-14H,12,15H2,(H,26,27). The first-order valence-electron chi connectivity index (χ1n) is 8.62. The number of hydrogen-bond acceptors (Lipinski definition) is 3. The molecule has 0 aliphatic heterocycles. The molecule has 0 aliphatic rings. The minimum absolute atomic E-state index is 0.0469. The van der Waals surface area contributed by atoms with Crippen molar-refractivity contribution in [3.63, 3.8) is 0 Å². The molecule has 0 radical (unpaired) electrons. The van der Waals surface area contributed by atoms with E-state index in [1.165, 1.54) is 18.4 Å². The number of ether oxygens (including phenoxy) is 1. The van der Waals surface area contributed by atoms with Crippen LogP contribution in [0.5, 0.6) is 5.75 Å². The number of furan rings is 1. The molecule has 1 amide bonds. The highest BCUT2D eigenvalue weighted by atomic mass is 19.4. The fourth-order valence-corrected chi connectivity index (χ4v) is 2.45. The molecule has 2 aromatic carbocycles. The molecule has 0 saturated carbocycles. The second-order valence-electron chi connectivity index (χ2n) is 5.94. The average Bonchev–Trinajstić information content (AvgIpc) is 3.19. The SMILES string of the molecule is O=C(NCC#Cc1cccc(C(F)(F)F)c1)c1occc1COc1ccccc1. The minimum Gasteiger partial charge on any atom is -0.489 e. The third-order valence-electron chi connectivity index (χ3n) is 3.85. The van der Waals surface area contributed by atoms with Gasteiger partial charge in [-0.25, -0.2) is 0 Å². The van der Waals surface area contributed by atoms with Gasteiger partial charge in [-0.3, -0.25) is 4.79 Å². The number of benzene rings is 2. The van der Waals surface area contributed by atoms with E-state index in [1.807, 2.05) is 18.2 Å². The Bertz CT molecular complexity index is 1030. The average molecular weight is 399 g/mol. The fraction of sp³-hybridized carbons (Fsp3) is 0.136. The Kier molecular flexibility index (Phi) is 6.25. The van der Waals surface area contributed by atoms with Crippen LogP contribution < -0.4 is 10.1 Å². The normalized spacial score (nSPS) is 10.7. The van der Waals surface area contributed by atoms with E-state index in [0.29, 0.717) is 11.3 Å². The summed E-state index contributed by atoms with van der Waals surface area (Å²) in [7, 11) is 0. The number of rotatable bonds is 5. The first-order valence-corrected chi connectivity index (χ1v) is 8.62. The van der Waals surface area contributed by atoms with Crippen LogP contribution in [-0.4, -0.2) is 12.5 Å². The van der Waals surface area contributed by atoms with E-state index in [-0.39, 0.29) is 24.5 Å². The van der Waals surface area contributed by atoms with E-state index < -0.39 is 17.6 Å². The predicted octanol–water partition coefficient (Wildman–Crippen LogP) is 4.66. The van der Waals surface area contributed by atoms with Crippen LogP contribution in [0.1, 0.15) is 27.2 Å². The molecule has 0 spiro atoms. The monoisotopic (exact) mass is 399 g/mol. The molecule has 3 aromatic rings. The molecule has 0 aliphatic carbocycles. The third kappa shape index (κ3) is 5.66. The molecule has 3 rings (SSSR count). The van der Waals surface area contributed by atoms with Gasteiger partial charge in [0.15, 0.2) is 5.76 Å². The van der Waals surface area contributed by atoms with Crippen LogP contribution in [0.4, 0.5) is 13.2 Å². The van der Waals surface area contributed by atoms with Crippen LogP contribution in [0.2, 0.25) is 0 Å². The smallest absolute Gasteiger partial charge is 0.416 e. The van der Waals surface area contributed by atoms with Crippen LogP contribution in [-0.2, 0) is 12.8 Å². The molecule has 0 bridgehead atoms. The highest BCUT2D eigenvalue weighted by Crippen LogP contribution is 2.29. The molecule has 1 heterocycles. The zero-order chi connectivity index (χ0) is 20.7. The predicted molar refractivity (Wildman–Crippen MR) is 100 cm³/mol. The first kappa shape index (κ1) is 20.1. The van der Waals surface area contributed by atoms with E-state index in [1.54, 1.807) is 18.2 Å². The van der Waals surface area contributed by atoms with Gasteiger partial charge in [-0.1, -0.05) is 36.1 Å². The lowest BCUT2D eigenvalue weighted by Gasteiger charge is -2.06. The van der Waals surface area contributed by atoms with E-state index in [4.69, 9.17) is 9.15 Å². The third-order valence-corrected chi connectivity index (χ3v) is 3.85. The molecule has 0 unspecified atom stereocenters. The van der Waals surface area contributed by atoms with Gasteiger partial charge in [0, 0.05) is 11.1 Å². The van der Waals surface area contributed by atoms with Crippen molar-refractivity contribution in [1.29, 1.82) is 0 Å². The number of alkyl halides is 3. The number of amides is 1. The number of halogens is 3. The lowest BCUT2D eigenvalue weighted by atomic mass is 10.1. The molecule has 1 N–H and O–H groups in total. The molecule has 1 aromatic heterocycles. The molecule has 0 atom stereocenters. The summed E-state index contributed by atoms with van der Waals surface area (Å²) in [5.41, 5.74) is 0.00759. The van der Waals surface area contributed by atoms with Crippen LogP contribution >= 0.6 is 0 Å². The number of carbonyl (C=O) groups excluding carboxylic acids is 1. The maximum atomic E-state index is 12.7. The number of para-hydroxylation sites is 1. The van der Waals surface area contributed by atoms with Gasteiger partial charge < -0.3 is 14.5 Å². The zero-order valence-corrected chi connectivity index (χ0v) is 15.1. The van der Waals surface area contributed by atoms with Gasteiger partial charge >= 0.3 is 6.18 Å². The highest BCUT2D eigenvalue weighted by Gasteiger charge is 2.30. The van der Waals surface area contributed by atoms with Crippen molar-refractivity contribution in [3.05, 3.63) is 89.4 Å². The van der Waals surface area contributed by atoms with Gasteiger partial charge in [-0.15, -0.1) is 0 Å². The maximum Gasteiger partial charge on any atom is 0.416 e. The fourth-order valence-electron chi connectivity index (χ4n) is 2.45. The molecule has 148 valence electrons. The summed E-state index contributed by atoms with van der Waals surface area (Å²) < 4.78 is 48.9. The summed E-state index contributed by atoms with van der Waals surface area (Å²) >= 11 is 0. The van der Waals surface area contributed by atoms with Gasteiger partial charge in [-0.05, 0) is 36.4 Å². The molecule has 29 heavy (non-hydrogen) atoms. The summed E-state index contributed by atoms with van der Waals surface area (Å²) in [6.07, 6.45) is -3.05. The van der Waals surface area contributed by atoms with Crippen LogP contribution in [0.25, 0.3) is 0 Å². The van der Waals surface area contributed by atoms with Crippen LogP contribution in [0.3, 0.4) is 0 Å². The molecule has 4 nitrogen and oxygen atoms in total. The quantitative estimate of drug-likeness (QED) is 0.635. The van der Waals surface area contributed by atoms with Crippen molar-refractivity contribution in [2.75, 3.05) is 6.54 Å². The molecule has 0 saturated heterocycles. The Labute approximate surface area is 165 Å². The Balaban J connectivity index is 1.56. The van der Waals surface area contributed by atoms with Gasteiger partial charge in [-0.2, -0.15) is 13.2 Å². The lowest BCUT2D eigenvalue weighted by molar-refractivity contribution is -0.137. The Morgan fingerprint density at radius 1 is 1.07 bits per heavy atom. The molecule has 7 heteroatoms. The highest BCUT2D eigenvalue weighted by molar-refractivity contribution is 5.93. The van der Waals surface area contributed by atoms with Crippen molar-refractivity contribution in [2.24, 2.45) is 0 Å². The Morgan fingerprint density at radius 3 is 2.62 bits per heavy atom. The van der Waals surface area contributed by atoms with E-state index in [0.717, 1.165) is 12.1 Å². The van der Waals surface area contributed by atoms with Crippen LogP contribution in [0.15, 0.2) is 71.3 Å².